The van der Waals surface area contributed by atoms with E-state index in [1.54, 1.807) is 6.92 Å². The van der Waals surface area contributed by atoms with Crippen LogP contribution >= 0.6 is 11.3 Å². The van der Waals surface area contributed by atoms with Crippen molar-refractivity contribution in [2.24, 2.45) is 0 Å². The van der Waals surface area contributed by atoms with Crippen LogP contribution < -0.4 is 16.2 Å². The number of anilines is 1. The molecule has 0 atom stereocenters. The molecule has 3 N–H and O–H groups in total. The maximum Gasteiger partial charge on any atom is 0.410 e. The molecule has 3 rings (SSSR count). The maximum absolute atomic E-state index is 13.1. The minimum absolute atomic E-state index is 0.0682. The van der Waals surface area contributed by atoms with E-state index in [1.807, 2.05) is 6.92 Å². The van der Waals surface area contributed by atoms with E-state index in [4.69, 9.17) is 4.74 Å². The van der Waals surface area contributed by atoms with Gasteiger partial charge in [-0.3, -0.25) is 25.2 Å². The van der Waals surface area contributed by atoms with Gasteiger partial charge in [0.1, 0.15) is 5.00 Å². The molecule has 0 saturated heterocycles. The molecule has 12 nitrogen and oxygen atoms in total. The third-order valence-corrected chi connectivity index (χ3v) is 9.04. The second kappa shape index (κ2) is 13.0. The highest BCUT2D eigenvalue weighted by Crippen LogP contribution is 2.37. The smallest absolute Gasteiger partial charge is 0.410 e. The Hall–Kier alpha value is -3.49. The van der Waals surface area contributed by atoms with Gasteiger partial charge in [0.05, 0.1) is 23.6 Å². The summed E-state index contributed by atoms with van der Waals surface area (Å²) in [5.41, 5.74) is 5.62. The van der Waals surface area contributed by atoms with E-state index in [9.17, 15) is 27.6 Å². The lowest BCUT2D eigenvalue weighted by Gasteiger charge is -2.26. The lowest BCUT2D eigenvalue weighted by molar-refractivity contribution is -0.119. The van der Waals surface area contributed by atoms with Crippen LogP contribution in [0.3, 0.4) is 0 Å². The number of amides is 4. The Morgan fingerprint density at radius 1 is 1.08 bits per heavy atom. The van der Waals surface area contributed by atoms with E-state index in [1.165, 1.54) is 47.4 Å². The molecule has 1 aliphatic heterocycles. The van der Waals surface area contributed by atoms with Crippen molar-refractivity contribution in [2.45, 2.75) is 51.5 Å². The summed E-state index contributed by atoms with van der Waals surface area (Å²) in [6.07, 6.45) is 1.47. The molecule has 2 aromatic rings. The molecule has 4 amide bonds. The van der Waals surface area contributed by atoms with E-state index in [0.717, 1.165) is 24.2 Å². The van der Waals surface area contributed by atoms with Crippen molar-refractivity contribution < 1.29 is 32.3 Å². The Balaban J connectivity index is 1.86. The van der Waals surface area contributed by atoms with Crippen molar-refractivity contribution in [3.63, 3.8) is 0 Å². The zero-order valence-electron chi connectivity index (χ0n) is 22.3. The van der Waals surface area contributed by atoms with Gasteiger partial charge in [0.15, 0.2) is 0 Å². The van der Waals surface area contributed by atoms with Crippen LogP contribution in [0.15, 0.2) is 29.2 Å². The Labute approximate surface area is 231 Å². The summed E-state index contributed by atoms with van der Waals surface area (Å²) in [7, 11) is -2.17. The number of hydrogen-bond donors (Lipinski definition) is 3. The van der Waals surface area contributed by atoms with Crippen LogP contribution in [0.25, 0.3) is 0 Å². The minimum atomic E-state index is -3.69. The topological polar surface area (TPSA) is 154 Å². The summed E-state index contributed by atoms with van der Waals surface area (Å²) < 4.78 is 31.9. The van der Waals surface area contributed by atoms with Crippen LogP contribution in [-0.4, -0.2) is 68.2 Å². The molecule has 0 spiro atoms. The summed E-state index contributed by atoms with van der Waals surface area (Å²) in [6.45, 7) is 6.07. The van der Waals surface area contributed by atoms with Crippen molar-refractivity contribution in [2.75, 3.05) is 32.1 Å². The van der Waals surface area contributed by atoms with E-state index in [2.05, 4.69) is 16.2 Å². The van der Waals surface area contributed by atoms with Crippen molar-refractivity contribution >= 4 is 50.2 Å². The fraction of sp³-hybridized carbons (Fsp3) is 0.440. The molecule has 0 unspecified atom stereocenters. The number of nitrogens with one attached hydrogen (secondary N) is 3. The molecule has 39 heavy (non-hydrogen) atoms. The Bertz CT molecular complexity index is 1340. The largest absolute Gasteiger partial charge is 0.450 e. The van der Waals surface area contributed by atoms with Crippen molar-refractivity contribution in [1.82, 2.24) is 20.1 Å². The van der Waals surface area contributed by atoms with Crippen molar-refractivity contribution in [3.8, 4) is 0 Å². The average molecular weight is 580 g/mol. The lowest BCUT2D eigenvalue weighted by atomic mass is 10.0. The quantitative estimate of drug-likeness (QED) is 0.386. The first-order chi connectivity index (χ1) is 18.5. The number of hydrazine groups is 1. The van der Waals surface area contributed by atoms with Gasteiger partial charge in [-0.2, -0.15) is 0 Å². The van der Waals surface area contributed by atoms with Gasteiger partial charge in [0.25, 0.3) is 11.8 Å². The summed E-state index contributed by atoms with van der Waals surface area (Å²) >= 11 is 1.15. The number of unbranched alkanes of at least 4 members (excludes halogenated alkanes) is 1. The van der Waals surface area contributed by atoms with Crippen LogP contribution in [-0.2, 0) is 32.5 Å². The predicted molar refractivity (Wildman–Crippen MR) is 146 cm³/mol. The molecule has 14 heteroatoms. The fourth-order valence-electron chi connectivity index (χ4n) is 3.94. The van der Waals surface area contributed by atoms with Crippen LogP contribution in [0.4, 0.5) is 9.80 Å². The normalized spacial score (nSPS) is 13.0. The fourth-order valence-corrected chi connectivity index (χ4v) is 6.41. The number of carbonyl (C=O) groups is 4. The monoisotopic (exact) mass is 579 g/mol. The van der Waals surface area contributed by atoms with Crippen LogP contribution in [0, 0.1) is 0 Å². The number of carbonyl (C=O) groups excluding carboxylic acids is 4. The summed E-state index contributed by atoms with van der Waals surface area (Å²) in [5.74, 6) is -1.63. The summed E-state index contributed by atoms with van der Waals surface area (Å²) in [5, 5.41) is 2.99. The number of ether oxygens (including phenoxy) is 1. The SMILES string of the molecule is CCCCN(C)S(=O)(=O)c1ccc(C(=O)Nc2sc3c(c2C(=O)NNC(C)=O)CCN(C(=O)OCC)C3)cc1. The average Bonchev–Trinajstić information content (AvgIpc) is 3.27. The van der Waals surface area contributed by atoms with Gasteiger partial charge in [0.2, 0.25) is 15.9 Å². The molecule has 1 aromatic heterocycles. The first-order valence-electron chi connectivity index (χ1n) is 12.5. The zero-order chi connectivity index (χ0) is 28.7. The van der Waals surface area contributed by atoms with Gasteiger partial charge < -0.3 is 15.0 Å². The number of fused-ring (bicyclic) bond motifs is 1. The van der Waals surface area contributed by atoms with Crippen LogP contribution in [0.5, 0.6) is 0 Å². The molecule has 1 aliphatic rings. The van der Waals surface area contributed by atoms with E-state index in [0.29, 0.717) is 30.0 Å². The molecular formula is C25H33N5O7S2. The number of rotatable bonds is 9. The van der Waals surface area contributed by atoms with Crippen molar-refractivity contribution in [3.05, 3.63) is 45.8 Å². The summed E-state index contributed by atoms with van der Waals surface area (Å²) in [6, 6.07) is 5.55. The molecule has 0 saturated carbocycles. The third kappa shape index (κ3) is 7.13. The molecule has 1 aromatic carbocycles. The second-order valence-electron chi connectivity index (χ2n) is 8.87. The number of thiophene rings is 1. The predicted octanol–water partition coefficient (Wildman–Crippen LogP) is 2.72. The standard InChI is InChI=1S/C25H33N5O7S2/c1-5-7-13-29(4)39(35,36)18-10-8-17(9-11-18)22(32)26-24-21(23(33)28-27-16(3)31)19-12-14-30(15-20(19)38-24)25(34)37-6-2/h8-11H,5-7,12-15H2,1-4H3,(H,26,32)(H,27,31)(H,28,33). The summed E-state index contributed by atoms with van der Waals surface area (Å²) in [4.78, 5) is 51.9. The molecule has 2 heterocycles. The van der Waals surface area contributed by atoms with E-state index >= 15 is 0 Å². The molecular weight excluding hydrogens is 546 g/mol. The van der Waals surface area contributed by atoms with Gasteiger partial charge >= 0.3 is 6.09 Å². The van der Waals surface area contributed by atoms with E-state index in [-0.39, 0.29) is 34.2 Å². The maximum atomic E-state index is 13.1. The van der Waals surface area contributed by atoms with Gasteiger partial charge in [0, 0.05) is 37.5 Å². The molecule has 0 radical (unpaired) electrons. The highest BCUT2D eigenvalue weighted by molar-refractivity contribution is 7.89. The van der Waals surface area contributed by atoms with Gasteiger partial charge in [-0.05, 0) is 49.6 Å². The second-order valence-corrected chi connectivity index (χ2v) is 12.0. The van der Waals surface area contributed by atoms with Crippen molar-refractivity contribution in [1.29, 1.82) is 0 Å². The first kappa shape index (κ1) is 30.1. The number of sulfonamides is 1. The lowest BCUT2D eigenvalue weighted by Crippen LogP contribution is -2.41. The van der Waals surface area contributed by atoms with Gasteiger partial charge in [-0.25, -0.2) is 17.5 Å². The zero-order valence-corrected chi connectivity index (χ0v) is 24.0. The Kier molecular flexibility index (Phi) is 10.1. The molecule has 0 fully saturated rings. The van der Waals surface area contributed by atoms with E-state index < -0.39 is 33.8 Å². The molecule has 0 bridgehead atoms. The highest BCUT2D eigenvalue weighted by Gasteiger charge is 2.31. The molecule has 212 valence electrons. The highest BCUT2D eigenvalue weighted by atomic mass is 32.2. The minimum Gasteiger partial charge on any atom is -0.450 e. The Morgan fingerprint density at radius 3 is 2.38 bits per heavy atom. The number of nitrogens with zero attached hydrogens (tertiary/aromatic N) is 2. The van der Waals surface area contributed by atoms with Gasteiger partial charge in [-0.15, -0.1) is 11.3 Å². The molecule has 0 aliphatic carbocycles. The number of benzene rings is 1. The first-order valence-corrected chi connectivity index (χ1v) is 14.8. The Morgan fingerprint density at radius 2 is 1.77 bits per heavy atom. The van der Waals surface area contributed by atoms with Crippen LogP contribution in [0.2, 0.25) is 0 Å². The number of hydrogen-bond acceptors (Lipinski definition) is 8. The van der Waals surface area contributed by atoms with Gasteiger partial charge in [-0.1, -0.05) is 13.3 Å². The van der Waals surface area contributed by atoms with Crippen LogP contribution in [0.1, 0.15) is 64.8 Å². The third-order valence-electron chi connectivity index (χ3n) is 6.04.